The molecule has 52 heteroatoms. The van der Waals surface area contributed by atoms with Crippen LogP contribution in [-0.2, 0) is 77.6 Å². The summed E-state index contributed by atoms with van der Waals surface area (Å²) < 4.78 is 91.6. The fourth-order valence-electron chi connectivity index (χ4n) is 8.99. The number of nitrogens with one attached hydrogen (secondary N) is 1. The first kappa shape index (κ1) is 97.3. The third-order valence-electron chi connectivity index (χ3n) is 15.3. The summed E-state index contributed by atoms with van der Waals surface area (Å²) in [5.41, 5.74) is 14.9. The highest BCUT2D eigenvalue weighted by atomic mass is 127. The number of ether oxygens (including phenoxy) is 4. The molecule has 0 bridgehead atoms. The van der Waals surface area contributed by atoms with Crippen molar-refractivity contribution in [3.8, 4) is 0 Å². The number of carbonyl (C=O) groups is 1. The molecule has 8 rings (SSSR count). The quantitative estimate of drug-likeness (QED) is 0.0227. The number of aliphatic hydroxyl groups is 8. The summed E-state index contributed by atoms with van der Waals surface area (Å²) in [7, 11) is -21.2. The fourth-order valence-corrected chi connectivity index (χ4v) is 11.7. The number of rotatable bonds is 21. The second-order valence-corrected chi connectivity index (χ2v) is 34.7. The zero-order chi connectivity index (χ0) is 76.0. The van der Waals surface area contributed by atoms with E-state index in [4.69, 9.17) is 79.7 Å². The number of phosphoric acid groups is 4. The molecule has 0 aliphatic carbocycles. The Balaban J connectivity index is 0.000000690. The molecule has 16 atom stereocenters. The maximum absolute atomic E-state index is 12.3. The summed E-state index contributed by atoms with van der Waals surface area (Å²) in [6.45, 7) is 12.3. The van der Waals surface area contributed by atoms with Crippen LogP contribution in [0.2, 0.25) is 18.1 Å². The van der Waals surface area contributed by atoms with Gasteiger partial charge in [0.15, 0.2) is 33.2 Å². The van der Waals surface area contributed by atoms with Crippen LogP contribution in [0.1, 0.15) is 106 Å². The van der Waals surface area contributed by atoms with Crippen molar-refractivity contribution in [3.63, 3.8) is 0 Å². The first-order valence-electron chi connectivity index (χ1n) is 28.9. The highest BCUT2D eigenvalue weighted by molar-refractivity contribution is 14.1. The van der Waals surface area contributed by atoms with E-state index < -0.39 is 193 Å². The highest BCUT2D eigenvalue weighted by Gasteiger charge is 2.49. The van der Waals surface area contributed by atoms with Crippen molar-refractivity contribution in [2.24, 2.45) is 0 Å². The molecule has 4 aromatic heterocycles. The van der Waals surface area contributed by atoms with E-state index in [0.29, 0.717) is 26.7 Å². The number of nitrogens with two attached hydrogens (primary N) is 3. The minimum Gasteiger partial charge on any atom is -0.412 e. The third kappa shape index (κ3) is 26.5. The van der Waals surface area contributed by atoms with Crippen LogP contribution in [0.4, 0.5) is 23.3 Å². The molecule has 4 saturated heterocycles. The lowest BCUT2D eigenvalue weighted by molar-refractivity contribution is -0.114. The summed E-state index contributed by atoms with van der Waals surface area (Å²) in [4.78, 5) is 143. The molecule has 46 nitrogen and oxygen atoms in total. The number of carbonyl (C=O) groups excluding carboxylic acids is 1. The van der Waals surface area contributed by atoms with Crippen molar-refractivity contribution in [1.29, 1.82) is 0 Å². The lowest BCUT2D eigenvalue weighted by atomic mass is 10.1. The van der Waals surface area contributed by atoms with Gasteiger partial charge in [-0.3, -0.25) is 41.2 Å². The van der Waals surface area contributed by atoms with E-state index in [0.717, 1.165) is 18.3 Å². The predicted octanol–water partition coefficient (Wildman–Crippen LogP) is -2.87. The number of halogens is 1. The number of phosphoric ester groups is 4. The summed E-state index contributed by atoms with van der Waals surface area (Å²) >= 11 is 1.82. The summed E-state index contributed by atoms with van der Waals surface area (Å²) in [5, 5.41) is 82.5. The molecule has 0 saturated carbocycles. The summed E-state index contributed by atoms with van der Waals surface area (Å²) in [5.74, 6) is -0.321. The molecule has 23 N–H and O–H groups in total. The van der Waals surface area contributed by atoms with E-state index in [1.807, 2.05) is 22.6 Å². The van der Waals surface area contributed by atoms with E-state index in [2.05, 4.69) is 77.2 Å². The molecule has 104 heavy (non-hydrogen) atoms. The molecule has 0 radical (unpaired) electrons. The lowest BCUT2D eigenvalue weighted by Gasteiger charge is -2.36. The van der Waals surface area contributed by atoms with Crippen LogP contribution in [0, 0.1) is 10.5 Å². The summed E-state index contributed by atoms with van der Waals surface area (Å²) in [6, 6.07) is 0. The third-order valence-corrected chi connectivity index (χ3v) is 22.6. The second kappa shape index (κ2) is 39.1. The number of hydrogen-bond acceptors (Lipinski definition) is 33. The van der Waals surface area contributed by atoms with Crippen molar-refractivity contribution in [3.05, 3.63) is 87.0 Å². The van der Waals surface area contributed by atoms with Gasteiger partial charge in [0.1, 0.15) is 96.5 Å². The Bertz CT molecular complexity index is 3850. The number of amides is 1. The van der Waals surface area contributed by atoms with Gasteiger partial charge in [0.05, 0.1) is 36.6 Å². The van der Waals surface area contributed by atoms with Gasteiger partial charge in [-0.05, 0) is 54.1 Å². The topological polar surface area (TPSA) is 722 Å². The standard InChI is InChI=1S/C16H30N3O9PSi.C13H20N3O9P.C10H16N3O8P.C9H13IN3O8P.4CH4/c1-16(2,3)30(4,5)27-7-9-6-19(15(22)18-13(9)17)14-12(21)11(20)10(28-14)8-26-29(23,24)25;1-3-7-4-16(13(20)15-11(7)14-6(2)17)12-10(19)9(18)8(25-12)5-24-26(21,22)23;1-4-2-13(10(16)12-8(4)11)9-7(15)6(14)5(21-9)3-20-22(17,18)19;10-3-1-13(9(16)12-7(3)11)8-6(15)5(14)4(21-8)2-20-22(17,18)19;;;;/h6,10-12,14,20-21H,7-8H2,1-5H3,(H2,17,18,22)(H2,23,24,25);4,8-10,12,18-19H,3,5H2,1-2H3,(H2,21,22,23)(H,14,15,17,20);2,5-7,9,14-15H,3H2,1H3,(H2,11,12,16)(H2,17,18,19);1,4-6,8,14-15H,2H2,(H2,11,12,16)(H2,17,18,19);4*1H4/t10-,11-,12-,14-;8-,9-,10-,12-;5-,6-,7-,9-;4-,5-,6-,8-;;;;/m1111..../s1. The molecule has 0 spiro atoms. The Morgan fingerprint density at radius 3 is 1.12 bits per heavy atom. The predicted molar refractivity (Wildman–Crippen MR) is 373 cm³/mol. The van der Waals surface area contributed by atoms with E-state index in [1.165, 1.54) is 31.7 Å². The van der Waals surface area contributed by atoms with Crippen molar-refractivity contribution in [2.75, 3.05) is 48.9 Å². The summed E-state index contributed by atoms with van der Waals surface area (Å²) in [6.07, 6.45) is -16.8. The molecule has 4 aromatic rings. The van der Waals surface area contributed by atoms with Gasteiger partial charge in [-0.15, -0.1) is 0 Å². The van der Waals surface area contributed by atoms with Crippen LogP contribution < -0.4 is 45.3 Å². The molecule has 1 amide bonds. The zero-order valence-corrected chi connectivity index (χ0v) is 60.5. The highest BCUT2D eigenvalue weighted by Crippen LogP contribution is 2.43. The molecule has 4 fully saturated rings. The van der Waals surface area contributed by atoms with Crippen LogP contribution in [0.3, 0.4) is 0 Å². The second-order valence-electron chi connectivity index (χ2n) is 23.7. The van der Waals surface area contributed by atoms with Gasteiger partial charge in [-0.2, -0.15) is 19.9 Å². The van der Waals surface area contributed by atoms with E-state index in [-0.39, 0.29) is 64.6 Å². The van der Waals surface area contributed by atoms with Gasteiger partial charge in [0.25, 0.3) is 0 Å². The molecule has 4 aliphatic rings. The average molecular weight is 1710 g/mol. The van der Waals surface area contributed by atoms with Gasteiger partial charge >= 0.3 is 54.0 Å². The maximum atomic E-state index is 12.3. The van der Waals surface area contributed by atoms with Crippen molar-refractivity contribution in [1.82, 2.24) is 38.2 Å². The number of nitrogens with zero attached hydrogens (tertiary/aromatic N) is 8. The van der Waals surface area contributed by atoms with Gasteiger partial charge in [-0.1, -0.05) is 57.4 Å². The largest absolute Gasteiger partial charge is 0.469 e. The number of aryl methyl sites for hydroxylation is 2. The molecule has 0 unspecified atom stereocenters. The van der Waals surface area contributed by atoms with Gasteiger partial charge in [0, 0.05) is 48.4 Å². The smallest absolute Gasteiger partial charge is 0.412 e. The SMILES string of the molecule is C.C.C.C.CC(C)(C)[Si](C)(C)OCc1cn([C@@H]2O[C@H](COP(=O)(O)O)[C@@H](O)[C@H]2O)c(=O)nc1N.CCc1cn([C@@H]2O[C@H](COP(=O)(O)O)[C@@H](O)[C@H]2O)c(=O)nc1NC(C)=O.Cc1cn([C@@H]2O[C@H](COP(=O)(O)O)[C@@H](O)[C@H]2O)c(=O)nc1N.Nc1nc(=O)n([C@@H]2O[C@H](COP(=O)(O)O)[C@@H](O)[C@H]2O)cc1I. The van der Waals surface area contributed by atoms with Gasteiger partial charge in [0.2, 0.25) is 5.91 Å². The number of hydrogen-bond donors (Lipinski definition) is 20. The molecule has 8 heterocycles. The minimum absolute atomic E-state index is 0. The lowest BCUT2D eigenvalue weighted by Crippen LogP contribution is -2.41. The minimum atomic E-state index is -4.80. The number of aromatic nitrogens is 8. The van der Waals surface area contributed by atoms with Crippen molar-refractivity contribution < 1.29 is 145 Å². The molecule has 4 aliphatic heterocycles. The average Bonchev–Trinajstić information content (AvgIpc) is 1.63. The Morgan fingerprint density at radius 1 is 0.519 bits per heavy atom. The molecular formula is C52H95IN12O34P4Si. The van der Waals surface area contributed by atoms with Crippen LogP contribution in [0.5, 0.6) is 0 Å². The first-order valence-corrected chi connectivity index (χ1v) is 39.0. The fraction of sp³-hybridized carbons (Fsp3) is 0.673. The Kier molecular flexibility index (Phi) is 36.5. The number of anilines is 4. The van der Waals surface area contributed by atoms with Crippen LogP contribution in [0.15, 0.2) is 44.0 Å². The van der Waals surface area contributed by atoms with Crippen molar-refractivity contribution >= 4 is 91.4 Å². The van der Waals surface area contributed by atoms with Gasteiger partial charge < -0.3 is 126 Å². The van der Waals surface area contributed by atoms with Gasteiger partial charge in [-0.25, -0.2) is 37.4 Å². The molecule has 0 aromatic carbocycles. The maximum Gasteiger partial charge on any atom is 0.469 e. The molecule has 598 valence electrons. The van der Waals surface area contributed by atoms with Crippen molar-refractivity contribution in [2.45, 2.75) is 201 Å². The van der Waals surface area contributed by atoms with Crippen LogP contribution in [0.25, 0.3) is 0 Å². The Hall–Kier alpha value is -4.74. The number of aliphatic hydroxyl groups excluding tert-OH is 8. The molecular weight excluding hydrogens is 1620 g/mol. The van der Waals surface area contributed by atoms with E-state index >= 15 is 0 Å². The van der Waals surface area contributed by atoms with E-state index in [1.54, 1.807) is 13.8 Å². The first-order chi connectivity index (χ1) is 45.8. The zero-order valence-electron chi connectivity index (χ0n) is 53.8. The number of nitrogen functional groups attached to an aromatic ring is 3. The van der Waals surface area contributed by atoms with Crippen LogP contribution in [-0.4, -0.2) is 232 Å². The Labute approximate surface area is 607 Å². The monoisotopic (exact) mass is 1710 g/mol. The van der Waals surface area contributed by atoms with Crippen LogP contribution >= 0.6 is 53.9 Å². The van der Waals surface area contributed by atoms with E-state index in [9.17, 15) is 83.1 Å². The Morgan fingerprint density at radius 2 is 0.808 bits per heavy atom. The normalized spacial score (nSPS) is 26.2.